The zero-order chi connectivity index (χ0) is 9.84. The summed E-state index contributed by atoms with van der Waals surface area (Å²) >= 11 is 0. The molecule has 1 aliphatic rings. The fourth-order valence-electron chi connectivity index (χ4n) is 1.90. The molecule has 1 N–H and O–H groups in total. The highest BCUT2D eigenvalue weighted by molar-refractivity contribution is 5.73. The molecule has 0 amide bonds. The largest absolute Gasteiger partial charge is 0.466 e. The van der Waals surface area contributed by atoms with Crippen molar-refractivity contribution in [2.45, 2.75) is 45.7 Å². The second-order valence-electron chi connectivity index (χ2n) is 3.79. The van der Waals surface area contributed by atoms with Gasteiger partial charge in [-0.3, -0.25) is 4.79 Å². The zero-order valence-electron chi connectivity index (χ0n) is 8.67. The third kappa shape index (κ3) is 2.69. The van der Waals surface area contributed by atoms with Crippen LogP contribution in [0.1, 0.15) is 33.6 Å². The smallest absolute Gasteiger partial charge is 0.310 e. The van der Waals surface area contributed by atoms with Crippen LogP contribution in [0, 0.1) is 5.92 Å². The minimum atomic E-state index is -0.0469. The van der Waals surface area contributed by atoms with Gasteiger partial charge in [0.1, 0.15) is 0 Å². The Morgan fingerprint density at radius 2 is 2.15 bits per heavy atom. The van der Waals surface area contributed by atoms with Crippen LogP contribution >= 0.6 is 0 Å². The lowest BCUT2D eigenvalue weighted by Crippen LogP contribution is -2.47. The molecular weight excluding hydrogens is 166 g/mol. The van der Waals surface area contributed by atoms with Gasteiger partial charge in [-0.15, -0.1) is 0 Å². The summed E-state index contributed by atoms with van der Waals surface area (Å²) in [5, 5.41) is 3.37. The molecule has 1 rings (SSSR count). The monoisotopic (exact) mass is 185 g/mol. The van der Waals surface area contributed by atoms with Crippen LogP contribution in [0.4, 0.5) is 0 Å². The van der Waals surface area contributed by atoms with Gasteiger partial charge in [0, 0.05) is 12.1 Å². The number of piperidine rings is 1. The number of ether oxygens (including phenoxy) is 1. The van der Waals surface area contributed by atoms with E-state index in [0.29, 0.717) is 12.6 Å². The quantitative estimate of drug-likeness (QED) is 0.659. The molecule has 3 nitrogen and oxygen atoms in total. The van der Waals surface area contributed by atoms with Crippen LogP contribution in [-0.4, -0.2) is 24.7 Å². The maximum Gasteiger partial charge on any atom is 0.310 e. The molecule has 0 radical (unpaired) electrons. The maximum absolute atomic E-state index is 11.5. The second kappa shape index (κ2) is 4.61. The molecule has 1 aliphatic heterocycles. The number of nitrogens with one attached hydrogen (secondary N) is 1. The number of hydrogen-bond acceptors (Lipinski definition) is 3. The first kappa shape index (κ1) is 10.5. The Bertz CT molecular complexity index is 182. The molecule has 0 bridgehead atoms. The summed E-state index contributed by atoms with van der Waals surface area (Å²) in [4.78, 5) is 11.5. The Hall–Kier alpha value is -0.570. The molecule has 0 saturated carbocycles. The van der Waals surface area contributed by atoms with Gasteiger partial charge in [-0.2, -0.15) is 0 Å². The maximum atomic E-state index is 11.5. The highest BCUT2D eigenvalue weighted by Gasteiger charge is 2.30. The van der Waals surface area contributed by atoms with Gasteiger partial charge in [-0.25, -0.2) is 0 Å². The number of rotatable bonds is 2. The van der Waals surface area contributed by atoms with Gasteiger partial charge in [0.25, 0.3) is 0 Å². The van der Waals surface area contributed by atoms with Crippen molar-refractivity contribution in [2.24, 2.45) is 5.92 Å². The summed E-state index contributed by atoms with van der Waals surface area (Å²) in [7, 11) is 0. The Balaban J connectivity index is 2.45. The van der Waals surface area contributed by atoms with Gasteiger partial charge in [0.2, 0.25) is 0 Å². The lowest BCUT2D eigenvalue weighted by molar-refractivity contribution is -0.150. The van der Waals surface area contributed by atoms with Crippen LogP contribution < -0.4 is 5.32 Å². The van der Waals surface area contributed by atoms with Crippen molar-refractivity contribution < 1.29 is 9.53 Å². The molecule has 0 aromatic carbocycles. The number of esters is 1. The van der Waals surface area contributed by atoms with E-state index in [9.17, 15) is 4.79 Å². The summed E-state index contributed by atoms with van der Waals surface area (Å²) in [5.74, 6) is 0.00514. The van der Waals surface area contributed by atoms with Crippen molar-refractivity contribution in [1.82, 2.24) is 5.32 Å². The van der Waals surface area contributed by atoms with Crippen LogP contribution in [0.25, 0.3) is 0 Å². The minimum absolute atomic E-state index is 0.0469. The average molecular weight is 185 g/mol. The van der Waals surface area contributed by atoms with Crippen molar-refractivity contribution in [3.8, 4) is 0 Å². The first-order chi connectivity index (χ1) is 6.15. The van der Waals surface area contributed by atoms with Crippen molar-refractivity contribution in [3.05, 3.63) is 0 Å². The van der Waals surface area contributed by atoms with Gasteiger partial charge < -0.3 is 10.1 Å². The van der Waals surface area contributed by atoms with Crippen molar-refractivity contribution in [1.29, 1.82) is 0 Å². The Labute approximate surface area is 79.8 Å². The van der Waals surface area contributed by atoms with E-state index in [1.807, 2.05) is 6.92 Å². The molecular formula is C10H19NO2. The van der Waals surface area contributed by atoms with Gasteiger partial charge in [0.05, 0.1) is 12.5 Å². The molecule has 0 spiro atoms. The summed E-state index contributed by atoms with van der Waals surface area (Å²) in [6, 6.07) is 0.781. The third-order valence-electron chi connectivity index (χ3n) is 2.65. The topological polar surface area (TPSA) is 38.3 Å². The van der Waals surface area contributed by atoms with Gasteiger partial charge in [0.15, 0.2) is 0 Å². The SMILES string of the molecule is CCOC(=O)[C@@H]1CC[C@@H](C)N[C@@H]1C. The van der Waals surface area contributed by atoms with E-state index >= 15 is 0 Å². The second-order valence-corrected chi connectivity index (χ2v) is 3.79. The molecule has 0 aromatic heterocycles. The summed E-state index contributed by atoms with van der Waals surface area (Å²) in [6.45, 7) is 6.54. The van der Waals surface area contributed by atoms with Gasteiger partial charge in [-0.1, -0.05) is 0 Å². The summed E-state index contributed by atoms with van der Waals surface area (Å²) < 4.78 is 5.01. The van der Waals surface area contributed by atoms with E-state index in [1.165, 1.54) is 0 Å². The summed E-state index contributed by atoms with van der Waals surface area (Å²) in [6.07, 6.45) is 2.02. The third-order valence-corrected chi connectivity index (χ3v) is 2.65. The van der Waals surface area contributed by atoms with Crippen LogP contribution in [0.5, 0.6) is 0 Å². The molecule has 1 fully saturated rings. The van der Waals surface area contributed by atoms with Crippen LogP contribution in [0.3, 0.4) is 0 Å². The van der Waals surface area contributed by atoms with E-state index < -0.39 is 0 Å². The molecule has 1 saturated heterocycles. The summed E-state index contributed by atoms with van der Waals surface area (Å²) in [5.41, 5.74) is 0. The van der Waals surface area contributed by atoms with Crippen LogP contribution in [0.15, 0.2) is 0 Å². The number of carbonyl (C=O) groups excluding carboxylic acids is 1. The number of carbonyl (C=O) groups is 1. The molecule has 76 valence electrons. The van der Waals surface area contributed by atoms with Gasteiger partial charge in [-0.05, 0) is 33.6 Å². The lowest BCUT2D eigenvalue weighted by Gasteiger charge is -2.32. The standard InChI is InChI=1S/C10H19NO2/c1-4-13-10(12)9-6-5-7(2)11-8(9)3/h7-9,11H,4-6H2,1-3H3/t7-,8-,9-/m1/s1. The molecule has 3 heteroatoms. The molecule has 0 unspecified atom stereocenters. The van der Waals surface area contributed by atoms with E-state index in [1.54, 1.807) is 0 Å². The zero-order valence-corrected chi connectivity index (χ0v) is 8.67. The van der Waals surface area contributed by atoms with Gasteiger partial charge >= 0.3 is 5.97 Å². The van der Waals surface area contributed by atoms with E-state index in [0.717, 1.165) is 12.8 Å². The van der Waals surface area contributed by atoms with Crippen LogP contribution in [0.2, 0.25) is 0 Å². The predicted molar refractivity (Wildman–Crippen MR) is 51.4 cm³/mol. The fraction of sp³-hybridized carbons (Fsp3) is 0.900. The first-order valence-electron chi connectivity index (χ1n) is 5.07. The first-order valence-corrected chi connectivity index (χ1v) is 5.07. The predicted octanol–water partition coefficient (Wildman–Crippen LogP) is 1.33. The highest BCUT2D eigenvalue weighted by Crippen LogP contribution is 2.20. The molecule has 0 aromatic rings. The molecule has 0 aliphatic carbocycles. The Morgan fingerprint density at radius 1 is 1.46 bits per heavy atom. The molecule has 1 heterocycles. The van der Waals surface area contributed by atoms with Crippen molar-refractivity contribution >= 4 is 5.97 Å². The molecule has 3 atom stereocenters. The fourth-order valence-corrected chi connectivity index (χ4v) is 1.90. The molecule has 13 heavy (non-hydrogen) atoms. The lowest BCUT2D eigenvalue weighted by atomic mass is 9.89. The normalized spacial score (nSPS) is 34.2. The van der Waals surface area contributed by atoms with Crippen LogP contribution in [-0.2, 0) is 9.53 Å². The highest BCUT2D eigenvalue weighted by atomic mass is 16.5. The average Bonchev–Trinajstić information content (AvgIpc) is 2.04. The van der Waals surface area contributed by atoms with Crippen molar-refractivity contribution in [2.75, 3.05) is 6.61 Å². The minimum Gasteiger partial charge on any atom is -0.466 e. The van der Waals surface area contributed by atoms with E-state index in [4.69, 9.17) is 4.74 Å². The number of hydrogen-bond donors (Lipinski definition) is 1. The Morgan fingerprint density at radius 3 is 2.69 bits per heavy atom. The Kier molecular flexibility index (Phi) is 3.72. The van der Waals surface area contributed by atoms with E-state index in [-0.39, 0.29) is 17.9 Å². The van der Waals surface area contributed by atoms with E-state index in [2.05, 4.69) is 19.2 Å². The van der Waals surface area contributed by atoms with Crippen molar-refractivity contribution in [3.63, 3.8) is 0 Å².